The molecular weight excluding hydrogens is 344 g/mol. The van der Waals surface area contributed by atoms with Crippen molar-refractivity contribution in [1.82, 2.24) is 10.6 Å². The molecule has 8 heteroatoms. The number of carbonyl (C=O) groups is 2. The molecular formula is C18H19F2N3O3. The molecule has 26 heavy (non-hydrogen) atoms. The molecule has 0 aliphatic heterocycles. The van der Waals surface area contributed by atoms with Crippen LogP contribution in [-0.2, 0) is 4.79 Å². The molecule has 3 amide bonds. The third-order valence-corrected chi connectivity index (χ3v) is 3.63. The van der Waals surface area contributed by atoms with Crippen LogP contribution >= 0.6 is 0 Å². The van der Waals surface area contributed by atoms with Gasteiger partial charge in [-0.25, -0.2) is 4.79 Å². The molecule has 0 unspecified atom stereocenters. The Morgan fingerprint density at radius 1 is 1.00 bits per heavy atom. The Morgan fingerprint density at radius 3 is 2.12 bits per heavy atom. The molecule has 2 atom stereocenters. The topological polar surface area (TPSA) is 93.4 Å². The highest BCUT2D eigenvalue weighted by atomic mass is 19.3. The Hall–Kier alpha value is -3.00. The first-order chi connectivity index (χ1) is 12.4. The highest BCUT2D eigenvalue weighted by Gasteiger charge is 2.21. The largest absolute Gasteiger partial charge is 0.435 e. The van der Waals surface area contributed by atoms with Gasteiger partial charge in [-0.15, -0.1) is 0 Å². The van der Waals surface area contributed by atoms with E-state index in [2.05, 4.69) is 10.1 Å². The van der Waals surface area contributed by atoms with Gasteiger partial charge in [-0.2, -0.15) is 8.78 Å². The second-order valence-corrected chi connectivity index (χ2v) is 5.53. The molecule has 0 fully saturated rings. The molecule has 0 saturated carbocycles. The van der Waals surface area contributed by atoms with Crippen LogP contribution in [0.3, 0.4) is 0 Å². The molecule has 2 aromatic carbocycles. The van der Waals surface area contributed by atoms with Gasteiger partial charge in [0.2, 0.25) is 5.91 Å². The van der Waals surface area contributed by atoms with Crippen LogP contribution in [0.15, 0.2) is 54.6 Å². The van der Waals surface area contributed by atoms with E-state index in [1.807, 2.05) is 35.6 Å². The lowest BCUT2D eigenvalue weighted by Crippen LogP contribution is -2.47. The summed E-state index contributed by atoms with van der Waals surface area (Å²) in [5.74, 6) is -0.536. The number of alkyl halides is 2. The van der Waals surface area contributed by atoms with Crippen LogP contribution in [0.25, 0.3) is 0 Å². The van der Waals surface area contributed by atoms with Crippen molar-refractivity contribution >= 4 is 11.9 Å². The fourth-order valence-electron chi connectivity index (χ4n) is 2.43. The Balaban J connectivity index is 2.24. The van der Waals surface area contributed by atoms with Crippen molar-refractivity contribution in [3.8, 4) is 5.75 Å². The van der Waals surface area contributed by atoms with E-state index >= 15 is 0 Å². The van der Waals surface area contributed by atoms with Gasteiger partial charge in [0.1, 0.15) is 5.75 Å². The second kappa shape index (κ2) is 8.91. The molecule has 0 saturated heterocycles. The van der Waals surface area contributed by atoms with Crippen LogP contribution in [0.2, 0.25) is 0 Å². The zero-order valence-corrected chi connectivity index (χ0v) is 14.0. The van der Waals surface area contributed by atoms with Gasteiger partial charge in [0.05, 0.1) is 12.1 Å². The number of halogens is 2. The number of benzene rings is 2. The summed E-state index contributed by atoms with van der Waals surface area (Å²) in [5, 5.41) is 5.12. The minimum absolute atomic E-state index is 0.0371. The van der Waals surface area contributed by atoms with Crippen molar-refractivity contribution in [3.05, 3.63) is 65.7 Å². The number of urea groups is 1. The maximum Gasteiger partial charge on any atom is 0.387 e. The van der Waals surface area contributed by atoms with Crippen LogP contribution in [0.5, 0.6) is 5.75 Å². The number of ether oxygens (including phenoxy) is 1. The molecule has 4 N–H and O–H groups in total. The normalized spacial score (nSPS) is 13.1. The number of nitrogens with one attached hydrogen (secondary N) is 2. The highest BCUT2D eigenvalue weighted by molar-refractivity contribution is 5.96. The summed E-state index contributed by atoms with van der Waals surface area (Å²) in [6.45, 7) is -1.32. The average Bonchev–Trinajstić information content (AvgIpc) is 2.60. The molecule has 6 nitrogen and oxygen atoms in total. The number of nitrogens with two attached hydrogens (primary N) is 1. The van der Waals surface area contributed by atoms with E-state index in [0.717, 1.165) is 11.1 Å². The summed E-state index contributed by atoms with van der Waals surface area (Å²) in [7, 11) is 0. The van der Waals surface area contributed by atoms with Crippen molar-refractivity contribution in [3.63, 3.8) is 0 Å². The van der Waals surface area contributed by atoms with Crippen LogP contribution in [0.4, 0.5) is 13.6 Å². The maximum atomic E-state index is 12.3. The smallest absolute Gasteiger partial charge is 0.387 e. The van der Waals surface area contributed by atoms with Gasteiger partial charge in [0.15, 0.2) is 0 Å². The van der Waals surface area contributed by atoms with Crippen LogP contribution < -0.4 is 21.1 Å². The number of hydrogen-bond acceptors (Lipinski definition) is 4. The van der Waals surface area contributed by atoms with Gasteiger partial charge in [-0.05, 0) is 30.2 Å². The predicted octanol–water partition coefficient (Wildman–Crippen LogP) is 2.55. The van der Waals surface area contributed by atoms with Gasteiger partial charge < -0.3 is 10.5 Å². The molecule has 2 aromatic rings. The number of primary amides is 1. The van der Waals surface area contributed by atoms with Crippen molar-refractivity contribution < 1.29 is 23.1 Å². The quantitative estimate of drug-likeness (QED) is 0.705. The number of hydrogen-bond donors (Lipinski definition) is 3. The van der Waals surface area contributed by atoms with Crippen molar-refractivity contribution in [2.75, 3.05) is 0 Å². The monoisotopic (exact) mass is 363 g/mol. The molecule has 0 aliphatic carbocycles. The van der Waals surface area contributed by atoms with Crippen molar-refractivity contribution in [2.45, 2.75) is 25.6 Å². The van der Waals surface area contributed by atoms with Gasteiger partial charge in [-0.1, -0.05) is 42.5 Å². The minimum atomic E-state index is -2.90. The van der Waals surface area contributed by atoms with Crippen molar-refractivity contribution in [2.24, 2.45) is 5.73 Å². The summed E-state index contributed by atoms with van der Waals surface area (Å²) in [6.07, 6.45) is 0. The first-order valence-electron chi connectivity index (χ1n) is 7.83. The molecule has 2 rings (SSSR count). The van der Waals surface area contributed by atoms with E-state index in [9.17, 15) is 18.4 Å². The third kappa shape index (κ3) is 5.52. The van der Waals surface area contributed by atoms with Gasteiger partial charge >= 0.3 is 12.6 Å². The van der Waals surface area contributed by atoms with Crippen molar-refractivity contribution in [1.29, 1.82) is 0 Å². The number of imide groups is 1. The highest BCUT2D eigenvalue weighted by Crippen LogP contribution is 2.25. The van der Waals surface area contributed by atoms with E-state index in [-0.39, 0.29) is 5.75 Å². The SMILES string of the molecule is C[C@@H](N[C@H](c1ccccc1)c1ccc(OC(F)F)cc1)C(=O)NC(N)=O. The fourth-order valence-corrected chi connectivity index (χ4v) is 2.43. The van der Waals surface area contributed by atoms with Gasteiger partial charge in [-0.3, -0.25) is 15.4 Å². The van der Waals surface area contributed by atoms with E-state index in [1.54, 1.807) is 19.1 Å². The van der Waals surface area contributed by atoms with Crippen LogP contribution in [0.1, 0.15) is 24.1 Å². The number of amides is 3. The predicted molar refractivity (Wildman–Crippen MR) is 91.7 cm³/mol. The third-order valence-electron chi connectivity index (χ3n) is 3.63. The lowest BCUT2D eigenvalue weighted by atomic mass is 9.97. The summed E-state index contributed by atoms with van der Waals surface area (Å²) in [6, 6.07) is 13.3. The molecule has 0 heterocycles. The molecule has 0 bridgehead atoms. The summed E-state index contributed by atoms with van der Waals surface area (Å²) < 4.78 is 28.9. The van der Waals surface area contributed by atoms with Gasteiger partial charge in [0.25, 0.3) is 0 Å². The minimum Gasteiger partial charge on any atom is -0.435 e. The Morgan fingerprint density at radius 2 is 1.58 bits per heavy atom. The Kier molecular flexibility index (Phi) is 6.62. The molecule has 0 spiro atoms. The lowest BCUT2D eigenvalue weighted by molar-refractivity contribution is -0.121. The fraction of sp³-hybridized carbons (Fsp3) is 0.222. The second-order valence-electron chi connectivity index (χ2n) is 5.53. The number of carbonyl (C=O) groups excluding carboxylic acids is 2. The van der Waals surface area contributed by atoms with E-state index in [4.69, 9.17) is 5.73 Å². The van der Waals surface area contributed by atoms with E-state index < -0.39 is 30.6 Å². The van der Waals surface area contributed by atoms with Crippen LogP contribution in [0, 0.1) is 0 Å². The zero-order valence-electron chi connectivity index (χ0n) is 14.0. The Bertz CT molecular complexity index is 739. The molecule has 0 aliphatic rings. The first kappa shape index (κ1) is 19.3. The average molecular weight is 363 g/mol. The van der Waals surface area contributed by atoms with E-state index in [0.29, 0.717) is 0 Å². The maximum absolute atomic E-state index is 12.3. The molecule has 138 valence electrons. The summed E-state index contributed by atoms with van der Waals surface area (Å²) >= 11 is 0. The lowest BCUT2D eigenvalue weighted by Gasteiger charge is -2.24. The molecule has 0 aromatic heterocycles. The summed E-state index contributed by atoms with van der Waals surface area (Å²) in [4.78, 5) is 22.8. The first-order valence-corrected chi connectivity index (χ1v) is 7.83. The standard InChI is InChI=1S/C18H19F2N3O3/c1-11(16(24)23-18(21)25)22-15(12-5-3-2-4-6-12)13-7-9-14(10-8-13)26-17(19)20/h2-11,15,17,22H,1H3,(H3,21,23,24,25)/t11-,15-/m1/s1. The van der Waals surface area contributed by atoms with E-state index in [1.165, 1.54) is 12.1 Å². The van der Waals surface area contributed by atoms with Crippen LogP contribution in [-0.4, -0.2) is 24.6 Å². The number of rotatable bonds is 7. The van der Waals surface area contributed by atoms with Gasteiger partial charge in [0, 0.05) is 0 Å². The zero-order chi connectivity index (χ0) is 19.1. The Labute approximate surface area is 149 Å². The molecule has 0 radical (unpaired) electrons. The summed E-state index contributed by atoms with van der Waals surface area (Å²) in [5.41, 5.74) is 6.55.